The predicted molar refractivity (Wildman–Crippen MR) is 121 cm³/mol. The van der Waals surface area contributed by atoms with Crippen LogP contribution in [0, 0.1) is 0 Å². The fraction of sp³-hybridized carbons (Fsp3) is 0.100. The van der Waals surface area contributed by atoms with Crippen molar-refractivity contribution in [1.29, 1.82) is 0 Å². The van der Waals surface area contributed by atoms with Gasteiger partial charge < -0.3 is 15.6 Å². The van der Waals surface area contributed by atoms with Crippen molar-refractivity contribution in [2.45, 2.75) is 6.92 Å². The fourth-order valence-electron chi connectivity index (χ4n) is 2.93. The van der Waals surface area contributed by atoms with E-state index in [9.17, 15) is 9.90 Å². The summed E-state index contributed by atoms with van der Waals surface area (Å²) in [6.45, 7) is 2.18. The van der Waals surface area contributed by atoms with Crippen LogP contribution in [0.15, 0.2) is 56.7 Å². The standard InChI is InChI=1S/C20H17BrN8O4/c1-2-32-14-9-11(8-13(21)17(14)30)10-23-25-20(31)15-16(12-6-4-3-5-7-12)29(28-24-15)19-18(22)26-33-27-19/h3-10,30H,2H2,1H3,(H2,22,26)(H,25,31). The Kier molecular flexibility index (Phi) is 6.31. The lowest BCUT2D eigenvalue weighted by Crippen LogP contribution is -2.19. The predicted octanol–water partition coefficient (Wildman–Crippen LogP) is 2.53. The zero-order valence-corrected chi connectivity index (χ0v) is 18.7. The summed E-state index contributed by atoms with van der Waals surface area (Å²) in [7, 11) is 0. The number of aromatic hydroxyl groups is 1. The quantitative estimate of drug-likeness (QED) is 0.249. The summed E-state index contributed by atoms with van der Waals surface area (Å²) in [6.07, 6.45) is 1.40. The maximum absolute atomic E-state index is 12.9. The average molecular weight is 513 g/mol. The zero-order chi connectivity index (χ0) is 23.4. The Balaban J connectivity index is 1.63. The molecule has 0 atom stereocenters. The Hall–Kier alpha value is -4.26. The minimum atomic E-state index is -0.616. The molecule has 0 bridgehead atoms. The van der Waals surface area contributed by atoms with E-state index in [4.69, 9.17) is 10.5 Å². The number of phenolic OH excluding ortho intramolecular Hbond substituents is 1. The van der Waals surface area contributed by atoms with Crippen molar-refractivity contribution in [2.24, 2.45) is 5.10 Å². The van der Waals surface area contributed by atoms with E-state index in [1.807, 2.05) is 6.07 Å². The van der Waals surface area contributed by atoms with Crippen molar-refractivity contribution in [2.75, 3.05) is 12.3 Å². The van der Waals surface area contributed by atoms with Gasteiger partial charge in [-0.2, -0.15) is 9.78 Å². The first-order chi connectivity index (χ1) is 16.0. The van der Waals surface area contributed by atoms with E-state index in [2.05, 4.69) is 51.7 Å². The van der Waals surface area contributed by atoms with Gasteiger partial charge in [-0.25, -0.2) is 10.1 Å². The Morgan fingerprint density at radius 1 is 1.33 bits per heavy atom. The molecule has 0 saturated heterocycles. The van der Waals surface area contributed by atoms with Crippen LogP contribution >= 0.6 is 15.9 Å². The lowest BCUT2D eigenvalue weighted by atomic mass is 10.1. The van der Waals surface area contributed by atoms with Gasteiger partial charge in [-0.05, 0) is 50.9 Å². The number of nitrogen functional groups attached to an aromatic ring is 1. The number of hydrogen-bond donors (Lipinski definition) is 3. The Labute approximate surface area is 195 Å². The molecule has 4 N–H and O–H groups in total. The average Bonchev–Trinajstić information content (AvgIpc) is 3.43. The van der Waals surface area contributed by atoms with E-state index in [0.717, 1.165) is 0 Å². The number of nitrogens with zero attached hydrogens (tertiary/aromatic N) is 6. The fourth-order valence-corrected chi connectivity index (χ4v) is 3.39. The van der Waals surface area contributed by atoms with E-state index >= 15 is 0 Å². The summed E-state index contributed by atoms with van der Waals surface area (Å²) in [5.74, 6) is -0.267. The monoisotopic (exact) mass is 512 g/mol. The molecule has 0 radical (unpaired) electrons. The van der Waals surface area contributed by atoms with Crippen LogP contribution in [0.2, 0.25) is 0 Å². The summed E-state index contributed by atoms with van der Waals surface area (Å²) >= 11 is 3.26. The number of ether oxygens (including phenoxy) is 1. The number of aromatic nitrogens is 5. The molecule has 0 aliphatic heterocycles. The van der Waals surface area contributed by atoms with Crippen molar-refractivity contribution in [3.8, 4) is 28.6 Å². The molecule has 2 aromatic carbocycles. The molecule has 0 fully saturated rings. The number of benzene rings is 2. The lowest BCUT2D eigenvalue weighted by Gasteiger charge is -2.08. The van der Waals surface area contributed by atoms with Crippen molar-refractivity contribution >= 4 is 33.9 Å². The smallest absolute Gasteiger partial charge is 0.294 e. The minimum Gasteiger partial charge on any atom is -0.503 e. The first-order valence-corrected chi connectivity index (χ1v) is 10.4. The summed E-state index contributed by atoms with van der Waals surface area (Å²) in [5.41, 5.74) is 9.76. The van der Waals surface area contributed by atoms with Crippen LogP contribution in [-0.4, -0.2) is 49.1 Å². The molecule has 33 heavy (non-hydrogen) atoms. The molecule has 4 rings (SSSR count). The highest BCUT2D eigenvalue weighted by atomic mass is 79.9. The highest BCUT2D eigenvalue weighted by molar-refractivity contribution is 9.10. The first-order valence-electron chi connectivity index (χ1n) is 9.57. The van der Waals surface area contributed by atoms with Crippen LogP contribution in [0.5, 0.6) is 11.5 Å². The second-order valence-corrected chi connectivity index (χ2v) is 7.37. The van der Waals surface area contributed by atoms with Gasteiger partial charge in [0.1, 0.15) is 5.69 Å². The number of nitrogens with one attached hydrogen (secondary N) is 1. The number of hydrogen-bond acceptors (Lipinski definition) is 10. The van der Waals surface area contributed by atoms with Crippen LogP contribution in [0.4, 0.5) is 5.82 Å². The van der Waals surface area contributed by atoms with Gasteiger partial charge in [0.25, 0.3) is 5.91 Å². The van der Waals surface area contributed by atoms with E-state index in [-0.39, 0.29) is 28.8 Å². The van der Waals surface area contributed by atoms with Crippen molar-refractivity contribution in [1.82, 2.24) is 30.7 Å². The highest BCUT2D eigenvalue weighted by Crippen LogP contribution is 2.35. The van der Waals surface area contributed by atoms with Crippen molar-refractivity contribution in [3.63, 3.8) is 0 Å². The van der Waals surface area contributed by atoms with Crippen LogP contribution in [0.3, 0.4) is 0 Å². The van der Waals surface area contributed by atoms with E-state index in [0.29, 0.717) is 27.9 Å². The van der Waals surface area contributed by atoms with E-state index in [1.54, 1.807) is 43.3 Å². The molecule has 0 aliphatic rings. The number of rotatable bonds is 7. The van der Waals surface area contributed by atoms with E-state index < -0.39 is 5.91 Å². The van der Waals surface area contributed by atoms with Crippen molar-refractivity contribution in [3.05, 3.63) is 58.2 Å². The second-order valence-electron chi connectivity index (χ2n) is 6.52. The van der Waals surface area contributed by atoms with Gasteiger partial charge in [0.15, 0.2) is 17.2 Å². The zero-order valence-electron chi connectivity index (χ0n) is 17.1. The summed E-state index contributed by atoms with van der Waals surface area (Å²) in [6, 6.07) is 12.2. The molecule has 13 heteroatoms. The van der Waals surface area contributed by atoms with Crippen LogP contribution < -0.4 is 15.9 Å². The van der Waals surface area contributed by atoms with Gasteiger partial charge in [0, 0.05) is 5.56 Å². The first kappa shape index (κ1) is 22.0. The number of hydrazone groups is 1. The Bertz CT molecular complexity index is 1320. The number of anilines is 1. The third-order valence-electron chi connectivity index (χ3n) is 4.36. The van der Waals surface area contributed by atoms with Gasteiger partial charge >= 0.3 is 0 Å². The molecular formula is C20H17BrN8O4. The van der Waals surface area contributed by atoms with Gasteiger partial charge in [0.05, 0.1) is 17.3 Å². The van der Waals surface area contributed by atoms with Crippen LogP contribution in [0.1, 0.15) is 23.0 Å². The van der Waals surface area contributed by atoms with Gasteiger partial charge in [-0.15, -0.1) is 5.10 Å². The number of halogens is 1. The maximum atomic E-state index is 12.9. The molecule has 168 valence electrons. The van der Waals surface area contributed by atoms with Gasteiger partial charge in [-0.1, -0.05) is 35.5 Å². The number of carbonyl (C=O) groups is 1. The van der Waals surface area contributed by atoms with Crippen LogP contribution in [0.25, 0.3) is 17.1 Å². The third kappa shape index (κ3) is 4.52. The normalized spacial score (nSPS) is 11.1. The van der Waals surface area contributed by atoms with Gasteiger partial charge in [-0.3, -0.25) is 4.79 Å². The molecule has 0 aliphatic carbocycles. The summed E-state index contributed by atoms with van der Waals surface area (Å²) < 4.78 is 11.7. The molecule has 0 spiro atoms. The Morgan fingerprint density at radius 3 is 2.82 bits per heavy atom. The summed E-state index contributed by atoms with van der Waals surface area (Å²) in [4.78, 5) is 12.9. The number of amides is 1. The SMILES string of the molecule is CCOc1cc(C=NNC(=O)c2nnn(-c3nonc3N)c2-c2ccccc2)cc(Br)c1O. The van der Waals surface area contributed by atoms with Crippen LogP contribution in [-0.2, 0) is 0 Å². The van der Waals surface area contributed by atoms with Crippen molar-refractivity contribution < 1.29 is 19.3 Å². The lowest BCUT2D eigenvalue weighted by molar-refractivity contribution is 0.0950. The molecule has 2 heterocycles. The molecular weight excluding hydrogens is 496 g/mol. The number of carbonyl (C=O) groups excluding carboxylic acids is 1. The van der Waals surface area contributed by atoms with E-state index in [1.165, 1.54) is 10.9 Å². The minimum absolute atomic E-state index is 0.00919. The second kappa shape index (κ2) is 9.48. The summed E-state index contributed by atoms with van der Waals surface area (Å²) in [5, 5.41) is 29.3. The number of phenols is 1. The molecule has 0 unspecified atom stereocenters. The molecule has 0 saturated carbocycles. The molecule has 2 aromatic heterocycles. The topological polar surface area (TPSA) is 167 Å². The molecule has 12 nitrogen and oxygen atoms in total. The molecule has 1 amide bonds. The third-order valence-corrected chi connectivity index (χ3v) is 4.96. The largest absolute Gasteiger partial charge is 0.503 e. The number of nitrogens with two attached hydrogens (primary N) is 1. The maximum Gasteiger partial charge on any atom is 0.294 e. The molecule has 4 aromatic rings. The van der Waals surface area contributed by atoms with Gasteiger partial charge in [0.2, 0.25) is 11.6 Å². The Morgan fingerprint density at radius 2 is 2.12 bits per heavy atom. The highest BCUT2D eigenvalue weighted by Gasteiger charge is 2.25.